The van der Waals surface area contributed by atoms with E-state index in [1.165, 1.54) is 0 Å². The van der Waals surface area contributed by atoms with E-state index in [9.17, 15) is 4.79 Å². The molecule has 4 nitrogen and oxygen atoms in total. The molecule has 0 heterocycles. The molecule has 106 valence electrons. The van der Waals surface area contributed by atoms with Crippen LogP contribution >= 0.6 is 0 Å². The highest BCUT2D eigenvalue weighted by Crippen LogP contribution is 2.18. The molecule has 0 unspecified atom stereocenters. The predicted molar refractivity (Wildman–Crippen MR) is 75.8 cm³/mol. The Morgan fingerprint density at radius 3 is 2.74 bits per heavy atom. The molecule has 1 rings (SSSR count). The summed E-state index contributed by atoms with van der Waals surface area (Å²) in [6.45, 7) is 6.56. The Morgan fingerprint density at radius 2 is 2.11 bits per heavy atom. The van der Waals surface area contributed by atoms with Gasteiger partial charge in [-0.05, 0) is 37.1 Å². The summed E-state index contributed by atoms with van der Waals surface area (Å²) in [5.41, 5.74) is 1.70. The molecule has 1 N–H and O–H groups in total. The second-order valence-electron chi connectivity index (χ2n) is 4.37. The summed E-state index contributed by atoms with van der Waals surface area (Å²) in [4.78, 5) is 11.5. The summed E-state index contributed by atoms with van der Waals surface area (Å²) in [5, 5.41) is 3.27. The maximum Gasteiger partial charge on any atom is 0.160 e. The number of nitrogens with one attached hydrogen (secondary N) is 1. The van der Waals surface area contributed by atoms with Crippen LogP contribution in [0.4, 0.5) is 0 Å². The van der Waals surface area contributed by atoms with Gasteiger partial charge < -0.3 is 14.8 Å². The number of methoxy groups -OCH3 is 1. The molecule has 0 atom stereocenters. The monoisotopic (exact) mass is 265 g/mol. The van der Waals surface area contributed by atoms with Crippen molar-refractivity contribution in [1.82, 2.24) is 5.32 Å². The first kappa shape index (κ1) is 15.7. The molecule has 0 aliphatic carbocycles. The van der Waals surface area contributed by atoms with Gasteiger partial charge in [0.05, 0.1) is 13.7 Å². The number of ether oxygens (including phenoxy) is 2. The summed E-state index contributed by atoms with van der Waals surface area (Å²) in [6.07, 6.45) is 1.03. The van der Waals surface area contributed by atoms with Gasteiger partial charge >= 0.3 is 0 Å². The van der Waals surface area contributed by atoms with Gasteiger partial charge in [0, 0.05) is 25.3 Å². The zero-order valence-electron chi connectivity index (χ0n) is 12.0. The molecule has 0 radical (unpaired) electrons. The minimum absolute atomic E-state index is 0.0710. The number of ketones is 1. The van der Waals surface area contributed by atoms with E-state index in [0.29, 0.717) is 13.2 Å². The fourth-order valence-electron chi connectivity index (χ4n) is 1.80. The van der Waals surface area contributed by atoms with Gasteiger partial charge in [-0.2, -0.15) is 0 Å². The van der Waals surface area contributed by atoms with E-state index >= 15 is 0 Å². The van der Waals surface area contributed by atoms with Gasteiger partial charge in [-0.1, -0.05) is 6.92 Å². The number of hydrogen-bond acceptors (Lipinski definition) is 4. The van der Waals surface area contributed by atoms with Gasteiger partial charge in [0.2, 0.25) is 0 Å². The molecule has 19 heavy (non-hydrogen) atoms. The van der Waals surface area contributed by atoms with Crippen LogP contribution in [0.3, 0.4) is 0 Å². The molecule has 0 aliphatic rings. The predicted octanol–water partition coefficient (Wildman–Crippen LogP) is 2.41. The van der Waals surface area contributed by atoms with Gasteiger partial charge in [-0.15, -0.1) is 0 Å². The molecular weight excluding hydrogens is 242 g/mol. The maximum absolute atomic E-state index is 11.5. The Morgan fingerprint density at radius 1 is 1.32 bits per heavy atom. The largest absolute Gasteiger partial charge is 0.497 e. The van der Waals surface area contributed by atoms with Gasteiger partial charge in [0.1, 0.15) is 5.75 Å². The van der Waals surface area contributed by atoms with E-state index in [0.717, 1.165) is 36.4 Å². The van der Waals surface area contributed by atoms with Gasteiger partial charge in [0.25, 0.3) is 0 Å². The third-order valence-electron chi connectivity index (χ3n) is 2.78. The van der Waals surface area contributed by atoms with Crippen molar-refractivity contribution in [3.05, 3.63) is 29.3 Å². The smallest absolute Gasteiger partial charge is 0.160 e. The molecule has 0 spiro atoms. The lowest BCUT2D eigenvalue weighted by molar-refractivity contribution is 0.101. The Labute approximate surface area is 115 Å². The summed E-state index contributed by atoms with van der Waals surface area (Å²) >= 11 is 0. The first-order valence-electron chi connectivity index (χ1n) is 6.65. The van der Waals surface area contributed by atoms with E-state index in [4.69, 9.17) is 9.47 Å². The van der Waals surface area contributed by atoms with Crippen LogP contribution in [0.25, 0.3) is 0 Å². The Balaban J connectivity index is 2.52. The fraction of sp³-hybridized carbons (Fsp3) is 0.533. The normalized spacial score (nSPS) is 10.5. The second-order valence-corrected chi connectivity index (χ2v) is 4.37. The molecule has 1 aromatic carbocycles. The van der Waals surface area contributed by atoms with Crippen molar-refractivity contribution < 1.29 is 14.3 Å². The van der Waals surface area contributed by atoms with Gasteiger partial charge in [-0.3, -0.25) is 4.79 Å². The van der Waals surface area contributed by atoms with Crippen LogP contribution in [0, 0.1) is 0 Å². The average molecular weight is 265 g/mol. The Bertz CT molecular complexity index is 404. The lowest BCUT2D eigenvalue weighted by Crippen LogP contribution is -2.20. The van der Waals surface area contributed by atoms with Gasteiger partial charge in [-0.25, -0.2) is 0 Å². The van der Waals surface area contributed by atoms with E-state index < -0.39 is 0 Å². The minimum atomic E-state index is 0.0710. The number of benzene rings is 1. The van der Waals surface area contributed by atoms with Crippen LogP contribution in [0.15, 0.2) is 18.2 Å². The fourth-order valence-corrected chi connectivity index (χ4v) is 1.80. The summed E-state index contributed by atoms with van der Waals surface area (Å²) in [5.74, 6) is 0.839. The van der Waals surface area contributed by atoms with Crippen molar-refractivity contribution in [2.75, 3.05) is 26.9 Å². The van der Waals surface area contributed by atoms with Crippen molar-refractivity contribution in [2.24, 2.45) is 0 Å². The van der Waals surface area contributed by atoms with Crippen LogP contribution < -0.4 is 10.1 Å². The molecule has 1 aromatic rings. The third kappa shape index (κ3) is 5.41. The van der Waals surface area contributed by atoms with E-state index in [1.807, 2.05) is 18.2 Å². The first-order valence-corrected chi connectivity index (χ1v) is 6.65. The number of rotatable bonds is 9. The molecule has 4 heteroatoms. The van der Waals surface area contributed by atoms with Crippen molar-refractivity contribution in [3.63, 3.8) is 0 Å². The molecule has 0 aliphatic heterocycles. The van der Waals surface area contributed by atoms with Crippen molar-refractivity contribution in [3.8, 4) is 5.75 Å². The zero-order valence-corrected chi connectivity index (χ0v) is 12.0. The Kier molecular flexibility index (Phi) is 7.15. The number of carbonyl (C=O) groups excluding carboxylic acids is 1. The zero-order chi connectivity index (χ0) is 14.1. The molecular formula is C15H23NO3. The van der Waals surface area contributed by atoms with Crippen LogP contribution in [-0.2, 0) is 11.3 Å². The molecule has 0 saturated heterocycles. The van der Waals surface area contributed by atoms with Crippen molar-refractivity contribution in [2.45, 2.75) is 26.8 Å². The number of carbonyl (C=O) groups is 1. The molecule has 0 amide bonds. The first-order chi connectivity index (χ1) is 9.19. The van der Waals surface area contributed by atoms with Crippen molar-refractivity contribution in [1.29, 1.82) is 0 Å². The van der Waals surface area contributed by atoms with Crippen LogP contribution in [0.1, 0.15) is 36.2 Å². The summed E-state index contributed by atoms with van der Waals surface area (Å²) < 4.78 is 10.6. The van der Waals surface area contributed by atoms with E-state index in [1.54, 1.807) is 14.0 Å². The standard InChI is InChI=1S/C15H23NO3/c1-4-8-19-9-7-16-11-13-10-14(18-3)5-6-15(13)12(2)17/h5-6,10,16H,4,7-9,11H2,1-3H3. The SMILES string of the molecule is CCCOCCNCc1cc(OC)ccc1C(C)=O. The molecule has 0 bridgehead atoms. The van der Waals surface area contributed by atoms with E-state index in [-0.39, 0.29) is 5.78 Å². The highest BCUT2D eigenvalue weighted by atomic mass is 16.5. The topological polar surface area (TPSA) is 47.6 Å². The van der Waals surface area contributed by atoms with E-state index in [2.05, 4.69) is 12.2 Å². The minimum Gasteiger partial charge on any atom is -0.497 e. The number of hydrogen-bond donors (Lipinski definition) is 1. The van der Waals surface area contributed by atoms with Crippen molar-refractivity contribution >= 4 is 5.78 Å². The summed E-state index contributed by atoms with van der Waals surface area (Å²) in [7, 11) is 1.62. The van der Waals surface area contributed by atoms with Gasteiger partial charge in [0.15, 0.2) is 5.78 Å². The molecule has 0 fully saturated rings. The third-order valence-corrected chi connectivity index (χ3v) is 2.78. The summed E-state index contributed by atoms with van der Waals surface area (Å²) in [6, 6.07) is 5.52. The highest BCUT2D eigenvalue weighted by molar-refractivity contribution is 5.95. The molecule has 0 aromatic heterocycles. The second kappa shape index (κ2) is 8.67. The quantitative estimate of drug-likeness (QED) is 0.550. The highest BCUT2D eigenvalue weighted by Gasteiger charge is 2.08. The van der Waals surface area contributed by atoms with Crippen LogP contribution in [-0.4, -0.2) is 32.7 Å². The number of Topliss-reactive ketones (excluding diaryl/α,β-unsaturated/α-hetero) is 1. The maximum atomic E-state index is 11.5. The molecule has 0 saturated carbocycles. The van der Waals surface area contributed by atoms with Crippen LogP contribution in [0.5, 0.6) is 5.75 Å². The van der Waals surface area contributed by atoms with Crippen LogP contribution in [0.2, 0.25) is 0 Å². The Hall–Kier alpha value is -1.39. The lowest BCUT2D eigenvalue weighted by atomic mass is 10.0. The lowest BCUT2D eigenvalue weighted by Gasteiger charge is -2.11. The average Bonchev–Trinajstić information content (AvgIpc) is 2.42.